The van der Waals surface area contributed by atoms with E-state index in [0.29, 0.717) is 23.9 Å². The lowest BCUT2D eigenvalue weighted by atomic mass is 10.0. The molecule has 1 amide bonds. The van der Waals surface area contributed by atoms with Crippen LogP contribution in [0.3, 0.4) is 0 Å². The van der Waals surface area contributed by atoms with Gasteiger partial charge in [-0.2, -0.15) is 0 Å². The molecule has 2 N–H and O–H groups in total. The summed E-state index contributed by atoms with van der Waals surface area (Å²) < 4.78 is 30.6. The van der Waals surface area contributed by atoms with E-state index in [1.807, 2.05) is 33.3 Å². The van der Waals surface area contributed by atoms with Crippen LogP contribution in [0.1, 0.15) is 284 Å². The van der Waals surface area contributed by atoms with E-state index in [1.165, 1.54) is 193 Å². The van der Waals surface area contributed by atoms with Crippen molar-refractivity contribution in [3.05, 3.63) is 24.3 Å². The molecule has 402 valence electrons. The first-order chi connectivity index (χ1) is 32.9. The van der Waals surface area contributed by atoms with Gasteiger partial charge in [-0.3, -0.25) is 18.6 Å². The quantitative estimate of drug-likeness (QED) is 0.0205. The molecule has 0 radical (unpaired) electrons. The van der Waals surface area contributed by atoms with Crippen molar-refractivity contribution < 1.29 is 37.3 Å². The molecule has 3 atom stereocenters. The van der Waals surface area contributed by atoms with Crippen LogP contribution in [0.2, 0.25) is 0 Å². The summed E-state index contributed by atoms with van der Waals surface area (Å²) in [4.78, 5) is 37.6. The number of unbranched alkanes of at least 4 members (excludes halogenated alkanes) is 35. The zero-order valence-corrected chi connectivity index (χ0v) is 46.8. The highest BCUT2D eigenvalue weighted by molar-refractivity contribution is 7.47. The van der Waals surface area contributed by atoms with Crippen LogP contribution in [0.5, 0.6) is 0 Å². The lowest BCUT2D eigenvalue weighted by molar-refractivity contribution is -0.870. The Morgan fingerprint density at radius 3 is 1.26 bits per heavy atom. The van der Waals surface area contributed by atoms with Gasteiger partial charge in [-0.1, -0.05) is 238 Å². The predicted octanol–water partition coefficient (Wildman–Crippen LogP) is 17.4. The van der Waals surface area contributed by atoms with Gasteiger partial charge in [-0.15, -0.1) is 0 Å². The van der Waals surface area contributed by atoms with E-state index in [2.05, 4.69) is 38.2 Å². The van der Waals surface area contributed by atoms with Crippen LogP contribution < -0.4 is 5.32 Å². The highest BCUT2D eigenvalue weighted by Gasteiger charge is 2.30. The summed E-state index contributed by atoms with van der Waals surface area (Å²) in [5.74, 6) is -0.497. The molecule has 0 bridgehead atoms. The number of carbonyl (C=O) groups is 2. The number of hydrogen-bond donors (Lipinski definition) is 2. The first-order valence-electron chi connectivity index (χ1n) is 29.2. The van der Waals surface area contributed by atoms with Crippen LogP contribution in [-0.4, -0.2) is 74.3 Å². The number of carbonyl (C=O) groups excluding carboxylic acids is 2. The third-order valence-corrected chi connectivity index (χ3v) is 14.1. The Morgan fingerprint density at radius 2 is 0.853 bits per heavy atom. The van der Waals surface area contributed by atoms with Crippen LogP contribution in [0.4, 0.5) is 0 Å². The largest absolute Gasteiger partial charge is 0.472 e. The number of phosphoric acid groups is 1. The summed E-state index contributed by atoms with van der Waals surface area (Å²) >= 11 is 0. The molecular formula is C58H114N2O7P+. The van der Waals surface area contributed by atoms with Crippen molar-refractivity contribution in [2.45, 2.75) is 296 Å². The van der Waals surface area contributed by atoms with Crippen LogP contribution in [-0.2, 0) is 27.9 Å². The molecule has 0 rings (SSSR count). The zero-order chi connectivity index (χ0) is 50.1. The van der Waals surface area contributed by atoms with E-state index in [-0.39, 0.29) is 25.1 Å². The molecule has 0 aromatic rings. The van der Waals surface area contributed by atoms with Gasteiger partial charge in [-0.25, -0.2) is 4.57 Å². The van der Waals surface area contributed by atoms with Gasteiger partial charge in [0.15, 0.2) is 0 Å². The number of quaternary nitrogens is 1. The van der Waals surface area contributed by atoms with Crippen LogP contribution in [0.15, 0.2) is 24.3 Å². The number of rotatable bonds is 53. The van der Waals surface area contributed by atoms with Gasteiger partial charge in [-0.05, 0) is 57.4 Å². The second-order valence-corrected chi connectivity index (χ2v) is 22.6. The molecule has 0 aliphatic rings. The van der Waals surface area contributed by atoms with E-state index in [1.54, 1.807) is 0 Å². The van der Waals surface area contributed by atoms with Crippen LogP contribution >= 0.6 is 7.82 Å². The number of ether oxygens (including phenoxy) is 1. The number of phosphoric ester groups is 1. The average molecular weight is 983 g/mol. The van der Waals surface area contributed by atoms with Crippen molar-refractivity contribution in [2.75, 3.05) is 40.9 Å². The first-order valence-corrected chi connectivity index (χ1v) is 30.7. The molecule has 0 aromatic heterocycles. The number of likely N-dealkylation sites (N-methyl/N-ethyl adjacent to an activating group) is 1. The van der Waals surface area contributed by atoms with Gasteiger partial charge < -0.3 is 19.4 Å². The lowest BCUT2D eigenvalue weighted by Crippen LogP contribution is -2.47. The van der Waals surface area contributed by atoms with E-state index in [9.17, 15) is 19.0 Å². The summed E-state index contributed by atoms with van der Waals surface area (Å²) in [5, 5.41) is 3.05. The lowest BCUT2D eigenvalue weighted by Gasteiger charge is -2.27. The fourth-order valence-electron chi connectivity index (χ4n) is 8.58. The Balaban J connectivity index is 5.35. The van der Waals surface area contributed by atoms with E-state index >= 15 is 0 Å². The Labute approximate surface area is 422 Å². The van der Waals surface area contributed by atoms with Gasteiger partial charge in [0.05, 0.1) is 33.8 Å². The monoisotopic (exact) mass is 982 g/mol. The molecule has 10 heteroatoms. The number of nitrogens with zero attached hydrogens (tertiary/aromatic N) is 1. The number of nitrogens with one attached hydrogen (secondary N) is 1. The molecule has 68 heavy (non-hydrogen) atoms. The van der Waals surface area contributed by atoms with Crippen molar-refractivity contribution in [3.63, 3.8) is 0 Å². The van der Waals surface area contributed by atoms with Crippen molar-refractivity contribution >= 4 is 19.7 Å². The molecule has 0 aliphatic carbocycles. The number of hydrogen-bond acceptors (Lipinski definition) is 6. The van der Waals surface area contributed by atoms with Gasteiger partial charge in [0.1, 0.15) is 19.3 Å². The second kappa shape index (κ2) is 49.1. The standard InChI is InChI=1S/C58H113N2O7P/c1-7-10-13-16-19-22-25-28-30-33-36-39-42-45-48-51-58(62)67-56(49-46-43-40-37-34-31-27-24-21-18-15-12-9-3)55(54-66-68(63,64)65-53-52-60(4,5)6)59-57(61)50-47-44-41-38-35-32-29-26-23-20-17-14-11-8-2/h22,25,46,49,55-56H,7-21,23-24,26-45,47-48,50-54H2,1-6H3,(H-,59,61,63,64)/p+1/b25-22-,49-46+. The van der Waals surface area contributed by atoms with Crippen molar-refractivity contribution in [2.24, 2.45) is 0 Å². The molecule has 0 heterocycles. The molecule has 0 aliphatic heterocycles. The van der Waals surface area contributed by atoms with E-state index in [4.69, 9.17) is 13.8 Å². The molecular weight excluding hydrogens is 868 g/mol. The third-order valence-electron chi connectivity index (χ3n) is 13.1. The first kappa shape index (κ1) is 66.5. The topological polar surface area (TPSA) is 111 Å². The highest BCUT2D eigenvalue weighted by Crippen LogP contribution is 2.43. The Hall–Kier alpha value is -1.51. The fraction of sp³-hybridized carbons (Fsp3) is 0.897. The molecule has 9 nitrogen and oxygen atoms in total. The van der Waals surface area contributed by atoms with Gasteiger partial charge in [0.25, 0.3) is 0 Å². The minimum atomic E-state index is -4.44. The van der Waals surface area contributed by atoms with Crippen LogP contribution in [0, 0.1) is 0 Å². The number of amides is 1. The fourth-order valence-corrected chi connectivity index (χ4v) is 9.32. The highest BCUT2D eigenvalue weighted by atomic mass is 31.2. The maximum absolute atomic E-state index is 13.5. The molecule has 3 unspecified atom stereocenters. The maximum Gasteiger partial charge on any atom is 0.472 e. The van der Waals surface area contributed by atoms with Crippen molar-refractivity contribution in [3.8, 4) is 0 Å². The zero-order valence-electron chi connectivity index (χ0n) is 45.9. The molecule has 0 aromatic carbocycles. The summed E-state index contributed by atoms with van der Waals surface area (Å²) in [6.07, 6.45) is 55.9. The predicted molar refractivity (Wildman–Crippen MR) is 291 cm³/mol. The molecule has 0 saturated heterocycles. The SMILES string of the molecule is CCCCCC/C=C\CCCCCCCCCC(=O)OC(/C=C/CCCCCCCCCCCCC)C(COP(=O)(O)OCC[N+](C)(C)C)NC(=O)CCCCCCCCCCCCCCCC. The van der Waals surface area contributed by atoms with Gasteiger partial charge in [0, 0.05) is 12.8 Å². The Morgan fingerprint density at radius 1 is 0.500 bits per heavy atom. The van der Waals surface area contributed by atoms with Crippen molar-refractivity contribution in [1.82, 2.24) is 5.32 Å². The summed E-state index contributed by atoms with van der Waals surface area (Å²) in [6, 6.07) is -0.843. The summed E-state index contributed by atoms with van der Waals surface area (Å²) in [5.41, 5.74) is 0. The third kappa shape index (κ3) is 49.5. The minimum Gasteiger partial charge on any atom is -0.456 e. The van der Waals surface area contributed by atoms with Gasteiger partial charge >= 0.3 is 13.8 Å². The molecule has 0 saturated carbocycles. The summed E-state index contributed by atoms with van der Waals surface area (Å²) in [6.45, 7) is 7.02. The normalized spacial score (nSPS) is 13.9. The average Bonchev–Trinajstić information content (AvgIpc) is 3.29. The van der Waals surface area contributed by atoms with Crippen LogP contribution in [0.25, 0.3) is 0 Å². The minimum absolute atomic E-state index is 0.0430. The smallest absolute Gasteiger partial charge is 0.456 e. The number of allylic oxidation sites excluding steroid dienone is 3. The Kier molecular flexibility index (Phi) is 48.0. The second-order valence-electron chi connectivity index (χ2n) is 21.2. The van der Waals surface area contributed by atoms with Crippen molar-refractivity contribution in [1.29, 1.82) is 0 Å². The van der Waals surface area contributed by atoms with E-state index in [0.717, 1.165) is 57.8 Å². The maximum atomic E-state index is 13.5. The molecule has 0 spiro atoms. The van der Waals surface area contributed by atoms with E-state index < -0.39 is 20.0 Å². The van der Waals surface area contributed by atoms with Gasteiger partial charge in [0.2, 0.25) is 5.91 Å². The molecule has 0 fully saturated rings. The summed E-state index contributed by atoms with van der Waals surface area (Å²) in [7, 11) is 1.51. The Bertz CT molecular complexity index is 1220. The number of esters is 1.